The van der Waals surface area contributed by atoms with Crippen molar-refractivity contribution < 1.29 is 14.3 Å². The van der Waals surface area contributed by atoms with Crippen molar-refractivity contribution in [2.24, 2.45) is 5.92 Å². The number of halogens is 2. The number of hydrogen-bond acceptors (Lipinski definition) is 4. The number of amides is 1. The number of benzene rings is 2. The van der Waals surface area contributed by atoms with Crippen LogP contribution in [0, 0.1) is 5.92 Å². The molecule has 0 aliphatic rings. The number of methoxy groups -OCH3 is 1. The number of rotatable bonds is 7. The highest BCUT2D eigenvalue weighted by Gasteiger charge is 2.25. The normalized spacial score (nSPS) is 11.8. The fraction of sp³-hybridized carbons (Fsp3) is 0.300. The van der Waals surface area contributed by atoms with E-state index in [1.54, 1.807) is 18.2 Å². The van der Waals surface area contributed by atoms with Gasteiger partial charge in [-0.2, -0.15) is 0 Å². The van der Waals surface area contributed by atoms with E-state index < -0.39 is 12.0 Å². The van der Waals surface area contributed by atoms with Gasteiger partial charge in [-0.3, -0.25) is 4.79 Å². The Morgan fingerprint density at radius 2 is 1.67 bits per heavy atom. The van der Waals surface area contributed by atoms with Gasteiger partial charge in [-0.05, 0) is 29.7 Å². The van der Waals surface area contributed by atoms with E-state index in [1.807, 2.05) is 38.1 Å². The zero-order chi connectivity index (χ0) is 20.0. The molecule has 0 aliphatic heterocycles. The Balaban J connectivity index is 2.18. The van der Waals surface area contributed by atoms with E-state index in [-0.39, 0.29) is 18.2 Å². The first kappa shape index (κ1) is 21.1. The van der Waals surface area contributed by atoms with E-state index in [4.69, 9.17) is 27.9 Å². The number of para-hydroxylation sites is 2. The Labute approximate surface area is 169 Å². The molecule has 0 spiro atoms. The monoisotopic (exact) mass is 408 g/mol. The molecule has 0 fully saturated rings. The van der Waals surface area contributed by atoms with Gasteiger partial charge in [0.15, 0.2) is 0 Å². The summed E-state index contributed by atoms with van der Waals surface area (Å²) >= 11 is 12.4. The lowest BCUT2D eigenvalue weighted by Gasteiger charge is -2.20. The average molecular weight is 409 g/mol. The van der Waals surface area contributed by atoms with Crippen LogP contribution in [0.2, 0.25) is 10.0 Å². The topological polar surface area (TPSA) is 67.4 Å². The lowest BCUT2D eigenvalue weighted by atomic mass is 10.0. The molecule has 2 rings (SSSR count). The van der Waals surface area contributed by atoms with Crippen molar-refractivity contribution in [1.29, 1.82) is 0 Å². The SMILES string of the molecule is COC(=O)[C@@H](NC(=O)Cc1ccccc1Nc1c(Cl)cccc1Cl)C(C)C. The molecule has 2 aromatic carbocycles. The van der Waals surface area contributed by atoms with Crippen LogP contribution in [-0.4, -0.2) is 25.0 Å². The third-order valence-electron chi connectivity index (χ3n) is 4.03. The molecule has 0 aliphatic carbocycles. The summed E-state index contributed by atoms with van der Waals surface area (Å²) in [7, 11) is 1.30. The molecule has 0 bridgehead atoms. The van der Waals surface area contributed by atoms with Crippen LogP contribution < -0.4 is 10.6 Å². The first-order valence-corrected chi connectivity index (χ1v) is 9.25. The van der Waals surface area contributed by atoms with Crippen LogP contribution in [0.25, 0.3) is 0 Å². The number of carbonyl (C=O) groups is 2. The van der Waals surface area contributed by atoms with E-state index in [0.717, 1.165) is 5.56 Å². The van der Waals surface area contributed by atoms with Crippen molar-refractivity contribution in [3.63, 3.8) is 0 Å². The second-order valence-electron chi connectivity index (χ2n) is 6.37. The number of anilines is 2. The Hall–Kier alpha value is -2.24. The summed E-state index contributed by atoms with van der Waals surface area (Å²) < 4.78 is 4.76. The minimum atomic E-state index is -0.694. The number of esters is 1. The number of hydrogen-bond donors (Lipinski definition) is 2. The first-order valence-electron chi connectivity index (χ1n) is 8.49. The van der Waals surface area contributed by atoms with Gasteiger partial charge in [0.25, 0.3) is 0 Å². The van der Waals surface area contributed by atoms with Gasteiger partial charge in [0.2, 0.25) is 5.91 Å². The fourth-order valence-electron chi connectivity index (χ4n) is 2.57. The highest BCUT2D eigenvalue weighted by molar-refractivity contribution is 6.39. The maximum Gasteiger partial charge on any atom is 0.328 e. The Morgan fingerprint density at radius 3 is 2.26 bits per heavy atom. The molecular weight excluding hydrogens is 387 g/mol. The van der Waals surface area contributed by atoms with Gasteiger partial charge in [-0.25, -0.2) is 4.79 Å². The Bertz CT molecular complexity index is 804. The van der Waals surface area contributed by atoms with E-state index in [9.17, 15) is 9.59 Å². The smallest absolute Gasteiger partial charge is 0.328 e. The molecular formula is C20H22Cl2N2O3. The van der Waals surface area contributed by atoms with E-state index in [1.165, 1.54) is 7.11 Å². The standard InChI is InChI=1S/C20H22Cl2N2O3/c1-12(2)18(20(26)27-3)24-17(25)11-13-7-4-5-10-16(13)23-19-14(21)8-6-9-15(19)22/h4-10,12,18,23H,11H2,1-3H3,(H,24,25)/t18-/m0/s1. The molecule has 7 heteroatoms. The highest BCUT2D eigenvalue weighted by atomic mass is 35.5. The summed E-state index contributed by atoms with van der Waals surface area (Å²) in [6.45, 7) is 3.69. The summed E-state index contributed by atoms with van der Waals surface area (Å²) in [6.07, 6.45) is 0.0887. The molecule has 1 amide bonds. The van der Waals surface area contributed by atoms with Gasteiger partial charge in [0, 0.05) is 5.69 Å². The van der Waals surface area contributed by atoms with Crippen molar-refractivity contribution in [2.75, 3.05) is 12.4 Å². The molecule has 27 heavy (non-hydrogen) atoms. The summed E-state index contributed by atoms with van der Waals surface area (Å²) in [5.74, 6) is -0.831. The maximum absolute atomic E-state index is 12.5. The Morgan fingerprint density at radius 1 is 1.04 bits per heavy atom. The van der Waals surface area contributed by atoms with Crippen LogP contribution in [0.4, 0.5) is 11.4 Å². The van der Waals surface area contributed by atoms with Gasteiger partial charge in [-0.15, -0.1) is 0 Å². The second-order valence-corrected chi connectivity index (χ2v) is 7.18. The molecule has 1 atom stereocenters. The summed E-state index contributed by atoms with van der Waals surface area (Å²) in [6, 6.07) is 11.9. The molecule has 0 radical (unpaired) electrons. The number of ether oxygens (including phenoxy) is 1. The molecule has 0 heterocycles. The van der Waals surface area contributed by atoms with E-state index in [0.29, 0.717) is 21.4 Å². The zero-order valence-corrected chi connectivity index (χ0v) is 16.9. The molecule has 2 N–H and O–H groups in total. The fourth-order valence-corrected chi connectivity index (χ4v) is 3.06. The van der Waals surface area contributed by atoms with Crippen LogP contribution in [0.1, 0.15) is 19.4 Å². The average Bonchev–Trinajstić information content (AvgIpc) is 2.63. The molecule has 0 saturated heterocycles. The molecule has 144 valence electrons. The predicted molar refractivity (Wildman–Crippen MR) is 109 cm³/mol. The molecule has 0 aromatic heterocycles. The number of nitrogens with one attached hydrogen (secondary N) is 2. The van der Waals surface area contributed by atoms with Crippen molar-refractivity contribution >= 4 is 46.5 Å². The highest BCUT2D eigenvalue weighted by Crippen LogP contribution is 2.33. The first-order chi connectivity index (χ1) is 12.8. The van der Waals surface area contributed by atoms with Gasteiger partial charge in [0.05, 0.1) is 29.3 Å². The molecule has 2 aromatic rings. The zero-order valence-electron chi connectivity index (χ0n) is 15.4. The third kappa shape index (κ3) is 5.62. The molecule has 0 unspecified atom stereocenters. The minimum Gasteiger partial charge on any atom is -0.467 e. The Kier molecular flexibility index (Phi) is 7.51. The van der Waals surface area contributed by atoms with Crippen molar-refractivity contribution in [3.05, 3.63) is 58.1 Å². The second kappa shape index (κ2) is 9.62. The summed E-state index contributed by atoms with van der Waals surface area (Å²) in [5, 5.41) is 6.88. The number of carbonyl (C=O) groups excluding carboxylic acids is 2. The van der Waals surface area contributed by atoms with Crippen molar-refractivity contribution in [1.82, 2.24) is 5.32 Å². The van der Waals surface area contributed by atoms with E-state index in [2.05, 4.69) is 10.6 Å². The van der Waals surface area contributed by atoms with Crippen LogP contribution in [-0.2, 0) is 20.7 Å². The van der Waals surface area contributed by atoms with Crippen molar-refractivity contribution in [3.8, 4) is 0 Å². The summed E-state index contributed by atoms with van der Waals surface area (Å²) in [4.78, 5) is 24.3. The lowest BCUT2D eigenvalue weighted by Crippen LogP contribution is -2.45. The quantitative estimate of drug-likeness (QED) is 0.657. The van der Waals surface area contributed by atoms with Gasteiger partial charge >= 0.3 is 5.97 Å². The van der Waals surface area contributed by atoms with Crippen molar-refractivity contribution in [2.45, 2.75) is 26.3 Å². The van der Waals surface area contributed by atoms with Crippen LogP contribution in [0.5, 0.6) is 0 Å². The molecule has 5 nitrogen and oxygen atoms in total. The lowest BCUT2D eigenvalue weighted by molar-refractivity contribution is -0.146. The van der Waals surface area contributed by atoms with Gasteiger partial charge < -0.3 is 15.4 Å². The van der Waals surface area contributed by atoms with Gasteiger partial charge in [-0.1, -0.05) is 61.3 Å². The minimum absolute atomic E-state index is 0.0864. The molecule has 0 saturated carbocycles. The predicted octanol–water partition coefficient (Wildman–Crippen LogP) is 4.59. The largest absolute Gasteiger partial charge is 0.467 e. The van der Waals surface area contributed by atoms with Crippen LogP contribution in [0.3, 0.4) is 0 Å². The summed E-state index contributed by atoms with van der Waals surface area (Å²) in [5.41, 5.74) is 2.03. The van der Waals surface area contributed by atoms with Crippen LogP contribution >= 0.6 is 23.2 Å². The maximum atomic E-state index is 12.5. The third-order valence-corrected chi connectivity index (χ3v) is 4.66. The van der Waals surface area contributed by atoms with Crippen LogP contribution in [0.15, 0.2) is 42.5 Å². The van der Waals surface area contributed by atoms with Gasteiger partial charge in [0.1, 0.15) is 6.04 Å². The van der Waals surface area contributed by atoms with E-state index >= 15 is 0 Å².